The van der Waals surface area contributed by atoms with Crippen LogP contribution in [0.4, 0.5) is 11.4 Å². The maximum absolute atomic E-state index is 11.0. The molecule has 0 atom stereocenters. The van der Waals surface area contributed by atoms with Crippen molar-refractivity contribution in [1.82, 2.24) is 5.32 Å². The van der Waals surface area contributed by atoms with E-state index in [-0.39, 0.29) is 0 Å². The second-order valence-electron chi connectivity index (χ2n) is 4.24. The molecule has 105 valence electrons. The lowest BCUT2D eigenvalue weighted by Crippen LogP contribution is -2.40. The Morgan fingerprint density at radius 3 is 2.53 bits per heavy atom. The zero-order valence-electron chi connectivity index (χ0n) is 10.5. The Labute approximate surface area is 117 Å². The number of halogens is 1. The fourth-order valence-corrected chi connectivity index (χ4v) is 2.60. The Morgan fingerprint density at radius 1 is 1.37 bits per heavy atom. The second kappa shape index (κ2) is 5.54. The normalized spacial score (nSPS) is 16.5. The summed E-state index contributed by atoms with van der Waals surface area (Å²) in [6.45, 7) is 3.13. The summed E-state index contributed by atoms with van der Waals surface area (Å²) in [4.78, 5) is 2.10. The lowest BCUT2D eigenvalue weighted by molar-refractivity contribution is 0.481. The number of rotatable bonds is 3. The summed E-state index contributed by atoms with van der Waals surface area (Å²) >= 11 is 6.18. The van der Waals surface area contributed by atoms with Crippen LogP contribution in [-0.4, -0.2) is 46.2 Å². The first-order valence-electron chi connectivity index (χ1n) is 5.78. The van der Waals surface area contributed by atoms with Crippen molar-refractivity contribution in [2.45, 2.75) is 0 Å². The first-order valence-corrected chi connectivity index (χ1v) is 7.56. The lowest BCUT2D eigenvalue weighted by Gasteiger charge is -2.29. The van der Waals surface area contributed by atoms with Crippen molar-refractivity contribution < 1.29 is 13.0 Å². The Morgan fingerprint density at radius 2 is 2.00 bits per heavy atom. The highest BCUT2D eigenvalue weighted by molar-refractivity contribution is 7.87. The predicted octanol–water partition coefficient (Wildman–Crippen LogP) is 1.00. The fraction of sp³-hybridized carbons (Fsp3) is 0.455. The Balaban J connectivity index is 2.26. The van der Waals surface area contributed by atoms with E-state index < -0.39 is 10.3 Å². The van der Waals surface area contributed by atoms with Crippen molar-refractivity contribution in [1.29, 1.82) is 0 Å². The van der Waals surface area contributed by atoms with Gasteiger partial charge >= 0.3 is 10.3 Å². The molecule has 1 fully saturated rings. The van der Waals surface area contributed by atoms with Gasteiger partial charge in [-0.1, -0.05) is 11.6 Å². The highest BCUT2D eigenvalue weighted by atomic mass is 35.5. The molecule has 0 bridgehead atoms. The molecule has 19 heavy (non-hydrogen) atoms. The molecule has 1 heterocycles. The van der Waals surface area contributed by atoms with E-state index in [1.54, 1.807) is 12.1 Å². The average Bonchev–Trinajstić information content (AvgIpc) is 2.37. The lowest BCUT2D eigenvalue weighted by atomic mass is 10.2. The summed E-state index contributed by atoms with van der Waals surface area (Å²) in [5, 5.41) is 4.71. The standard InChI is InChI=1S/C11H15ClN3O3S/c1-14(19(16,17)18)9-2-3-11(10(12)8-9)15-6-4-13-5-7-15/h2-3,8H,4-7H2,1H3,(H,16,17,18). The van der Waals surface area contributed by atoms with Gasteiger partial charge < -0.3 is 4.90 Å². The molecule has 1 radical (unpaired) electrons. The third-order valence-electron chi connectivity index (χ3n) is 3.04. The summed E-state index contributed by atoms with van der Waals surface area (Å²) in [6, 6.07) is 4.89. The zero-order chi connectivity index (χ0) is 14.0. The van der Waals surface area contributed by atoms with Crippen LogP contribution in [0.1, 0.15) is 0 Å². The SMILES string of the molecule is CN(c1ccc(N2CC[N]CC2)c(Cl)c1)S(=O)(=O)O. The molecule has 0 amide bonds. The minimum Gasteiger partial charge on any atom is -0.368 e. The molecule has 1 N–H and O–H groups in total. The first-order chi connectivity index (χ1) is 8.89. The minimum absolute atomic E-state index is 0.318. The summed E-state index contributed by atoms with van der Waals surface area (Å²) in [5.74, 6) is 0. The average molecular weight is 305 g/mol. The van der Waals surface area contributed by atoms with Gasteiger partial charge in [-0.15, -0.1) is 0 Å². The van der Waals surface area contributed by atoms with Gasteiger partial charge in [0.05, 0.1) is 16.4 Å². The highest BCUT2D eigenvalue weighted by Gasteiger charge is 2.18. The zero-order valence-corrected chi connectivity index (χ0v) is 12.0. The Kier molecular flexibility index (Phi) is 4.19. The van der Waals surface area contributed by atoms with Gasteiger partial charge in [-0.05, 0) is 18.2 Å². The van der Waals surface area contributed by atoms with Crippen LogP contribution in [-0.2, 0) is 10.3 Å². The predicted molar refractivity (Wildman–Crippen MR) is 75.5 cm³/mol. The van der Waals surface area contributed by atoms with Crippen LogP contribution in [0.25, 0.3) is 0 Å². The minimum atomic E-state index is -4.26. The van der Waals surface area contributed by atoms with E-state index in [9.17, 15) is 8.42 Å². The third kappa shape index (κ3) is 3.30. The molecule has 2 rings (SSSR count). The molecule has 6 nitrogen and oxygen atoms in total. The molecule has 8 heteroatoms. The van der Waals surface area contributed by atoms with Crippen LogP contribution in [0.5, 0.6) is 0 Å². The van der Waals surface area contributed by atoms with Gasteiger partial charge in [0.15, 0.2) is 0 Å². The van der Waals surface area contributed by atoms with E-state index in [1.807, 2.05) is 0 Å². The van der Waals surface area contributed by atoms with Gasteiger partial charge in [0.1, 0.15) is 0 Å². The van der Waals surface area contributed by atoms with E-state index >= 15 is 0 Å². The largest absolute Gasteiger partial charge is 0.368 e. The van der Waals surface area contributed by atoms with Crippen LogP contribution < -0.4 is 14.5 Å². The monoisotopic (exact) mass is 304 g/mol. The molecule has 1 aliphatic heterocycles. The van der Waals surface area contributed by atoms with Crippen molar-refractivity contribution in [2.75, 3.05) is 42.4 Å². The number of benzene rings is 1. The smallest absolute Gasteiger partial charge is 0.359 e. The van der Waals surface area contributed by atoms with Gasteiger partial charge in [-0.25, -0.2) is 5.32 Å². The van der Waals surface area contributed by atoms with E-state index in [1.165, 1.54) is 13.1 Å². The van der Waals surface area contributed by atoms with Crippen LogP contribution in [0.3, 0.4) is 0 Å². The Hall–Kier alpha value is -1.02. The van der Waals surface area contributed by atoms with Crippen LogP contribution >= 0.6 is 11.6 Å². The highest BCUT2D eigenvalue weighted by Crippen LogP contribution is 2.30. The first kappa shape index (κ1) is 14.4. The van der Waals surface area contributed by atoms with E-state index in [0.29, 0.717) is 10.7 Å². The maximum atomic E-state index is 11.0. The topological polar surface area (TPSA) is 75.0 Å². The molecule has 0 aromatic heterocycles. The number of nitrogens with zero attached hydrogens (tertiary/aromatic N) is 3. The van der Waals surface area contributed by atoms with Gasteiger partial charge in [-0.3, -0.25) is 8.86 Å². The quantitative estimate of drug-likeness (QED) is 0.846. The molecule has 1 aromatic carbocycles. The summed E-state index contributed by atoms with van der Waals surface area (Å²) < 4.78 is 31.8. The summed E-state index contributed by atoms with van der Waals surface area (Å²) in [6.07, 6.45) is 0. The number of anilines is 2. The Bertz CT molecular complexity index is 558. The van der Waals surface area contributed by atoms with E-state index in [0.717, 1.165) is 36.2 Å². The van der Waals surface area contributed by atoms with Crippen LogP contribution in [0.2, 0.25) is 5.02 Å². The molecule has 1 aromatic rings. The van der Waals surface area contributed by atoms with Crippen molar-refractivity contribution >= 4 is 33.3 Å². The van der Waals surface area contributed by atoms with Gasteiger partial charge in [-0.2, -0.15) is 8.42 Å². The molecule has 1 aliphatic rings. The summed E-state index contributed by atoms with van der Waals surface area (Å²) in [5.41, 5.74) is 1.17. The summed E-state index contributed by atoms with van der Waals surface area (Å²) in [7, 11) is -3.00. The van der Waals surface area contributed by atoms with Gasteiger partial charge in [0.25, 0.3) is 0 Å². The van der Waals surface area contributed by atoms with Crippen molar-refractivity contribution in [3.05, 3.63) is 23.2 Å². The fourth-order valence-electron chi connectivity index (χ4n) is 1.93. The molecule has 0 saturated carbocycles. The molecular formula is C11H15ClN3O3S. The molecule has 1 saturated heterocycles. The molecule has 0 aliphatic carbocycles. The maximum Gasteiger partial charge on any atom is 0.359 e. The van der Waals surface area contributed by atoms with Crippen LogP contribution in [0.15, 0.2) is 18.2 Å². The number of hydrogen-bond donors (Lipinski definition) is 1. The van der Waals surface area contributed by atoms with E-state index in [4.69, 9.17) is 16.2 Å². The molecule has 0 spiro atoms. The number of hydrogen-bond acceptors (Lipinski definition) is 3. The molecular weight excluding hydrogens is 290 g/mol. The van der Waals surface area contributed by atoms with E-state index in [2.05, 4.69) is 10.2 Å². The van der Waals surface area contributed by atoms with Crippen LogP contribution in [0, 0.1) is 0 Å². The second-order valence-corrected chi connectivity index (χ2v) is 6.09. The van der Waals surface area contributed by atoms with Crippen molar-refractivity contribution in [3.63, 3.8) is 0 Å². The van der Waals surface area contributed by atoms with Crippen molar-refractivity contribution in [3.8, 4) is 0 Å². The van der Waals surface area contributed by atoms with Crippen molar-refractivity contribution in [2.24, 2.45) is 0 Å². The molecule has 0 unspecified atom stereocenters. The third-order valence-corrected chi connectivity index (χ3v) is 4.24. The number of piperazine rings is 1. The van der Waals surface area contributed by atoms with Gasteiger partial charge in [0.2, 0.25) is 0 Å². The van der Waals surface area contributed by atoms with Gasteiger partial charge in [0, 0.05) is 33.2 Å².